The van der Waals surface area contributed by atoms with Crippen molar-refractivity contribution in [3.05, 3.63) is 75.7 Å². The summed E-state index contributed by atoms with van der Waals surface area (Å²) in [7, 11) is 0. The lowest BCUT2D eigenvalue weighted by molar-refractivity contribution is 0.144. The molecule has 0 aliphatic heterocycles. The van der Waals surface area contributed by atoms with Gasteiger partial charge in [0.25, 0.3) is 5.56 Å². The fraction of sp³-hybridized carbons (Fsp3) is 0.481. The van der Waals surface area contributed by atoms with Crippen LogP contribution in [-0.4, -0.2) is 30.1 Å². The highest BCUT2D eigenvalue weighted by Gasteiger charge is 2.29. The minimum atomic E-state index is -0.0621. The highest BCUT2D eigenvalue weighted by molar-refractivity contribution is 5.79. The van der Waals surface area contributed by atoms with Crippen LogP contribution in [0.2, 0.25) is 0 Å². The minimum Gasteiger partial charge on any atom is -0.468 e. The summed E-state index contributed by atoms with van der Waals surface area (Å²) in [6.45, 7) is 5.33. The summed E-state index contributed by atoms with van der Waals surface area (Å²) in [5.41, 5.74) is 2.78. The molecule has 0 unspecified atom stereocenters. The summed E-state index contributed by atoms with van der Waals surface area (Å²) in [6, 6.07) is 12.4. The number of nitrogens with one attached hydrogen (secondary N) is 1. The highest BCUT2D eigenvalue weighted by Crippen LogP contribution is 2.32. The van der Waals surface area contributed by atoms with Crippen molar-refractivity contribution < 1.29 is 4.42 Å². The average Bonchev–Trinajstić information content (AvgIpc) is 3.58. The first kappa shape index (κ1) is 23.5. The first-order valence-corrected chi connectivity index (χ1v) is 12.8. The molecular formula is C27H34N6O2. The Kier molecular flexibility index (Phi) is 7.08. The molecule has 0 radical (unpaired) electrons. The van der Waals surface area contributed by atoms with Gasteiger partial charge in [0.15, 0.2) is 5.82 Å². The molecule has 1 saturated carbocycles. The minimum absolute atomic E-state index is 0.0471. The van der Waals surface area contributed by atoms with Crippen LogP contribution in [0.1, 0.15) is 87.2 Å². The number of furan rings is 1. The van der Waals surface area contributed by atoms with Gasteiger partial charge in [-0.15, -0.1) is 5.10 Å². The van der Waals surface area contributed by atoms with Crippen LogP contribution in [0, 0.1) is 0 Å². The number of hydrogen-bond donors (Lipinski definition) is 1. The highest BCUT2D eigenvalue weighted by atomic mass is 16.3. The van der Waals surface area contributed by atoms with E-state index < -0.39 is 0 Å². The second kappa shape index (κ2) is 10.6. The van der Waals surface area contributed by atoms with E-state index in [1.807, 2.05) is 28.9 Å². The van der Waals surface area contributed by atoms with E-state index in [1.165, 1.54) is 24.8 Å². The molecule has 0 amide bonds. The van der Waals surface area contributed by atoms with E-state index in [-0.39, 0.29) is 11.6 Å². The molecule has 1 aromatic carbocycles. The van der Waals surface area contributed by atoms with Crippen molar-refractivity contribution in [2.24, 2.45) is 0 Å². The largest absolute Gasteiger partial charge is 0.468 e. The van der Waals surface area contributed by atoms with Crippen LogP contribution in [0.5, 0.6) is 0 Å². The van der Waals surface area contributed by atoms with Crippen LogP contribution < -0.4 is 5.56 Å². The number of nitrogens with zero attached hydrogens (tertiary/aromatic N) is 5. The number of tetrazole rings is 1. The number of hydrogen-bond acceptors (Lipinski definition) is 6. The fourth-order valence-corrected chi connectivity index (χ4v) is 5.35. The molecule has 4 aromatic rings. The molecule has 184 valence electrons. The Morgan fingerprint density at radius 2 is 2.00 bits per heavy atom. The lowest BCUT2D eigenvalue weighted by Gasteiger charge is -2.31. The maximum atomic E-state index is 13.1. The van der Waals surface area contributed by atoms with Crippen molar-refractivity contribution in [3.8, 4) is 0 Å². The van der Waals surface area contributed by atoms with E-state index in [0.29, 0.717) is 19.1 Å². The number of pyridine rings is 1. The van der Waals surface area contributed by atoms with Crippen LogP contribution in [0.3, 0.4) is 0 Å². The number of aryl methyl sites for hydroxylation is 1. The van der Waals surface area contributed by atoms with Gasteiger partial charge in [-0.1, -0.05) is 39.2 Å². The third kappa shape index (κ3) is 5.07. The van der Waals surface area contributed by atoms with E-state index in [1.54, 1.807) is 6.26 Å². The van der Waals surface area contributed by atoms with E-state index in [0.717, 1.165) is 53.7 Å². The van der Waals surface area contributed by atoms with Gasteiger partial charge in [-0.05, 0) is 77.4 Å². The summed E-state index contributed by atoms with van der Waals surface area (Å²) in [5.74, 6) is 1.72. The van der Waals surface area contributed by atoms with Gasteiger partial charge >= 0.3 is 0 Å². The molecule has 3 aromatic heterocycles. The van der Waals surface area contributed by atoms with Gasteiger partial charge in [-0.25, -0.2) is 4.68 Å². The molecule has 0 spiro atoms. The van der Waals surface area contributed by atoms with Crippen molar-refractivity contribution in [2.45, 2.75) is 84.0 Å². The van der Waals surface area contributed by atoms with E-state index >= 15 is 0 Å². The average molecular weight is 475 g/mol. The maximum Gasteiger partial charge on any atom is 0.252 e. The van der Waals surface area contributed by atoms with Gasteiger partial charge in [0, 0.05) is 17.6 Å². The molecule has 5 rings (SSSR count). The number of aromatic amines is 1. The molecular weight excluding hydrogens is 440 g/mol. The molecule has 1 aliphatic rings. The molecule has 8 nitrogen and oxygen atoms in total. The summed E-state index contributed by atoms with van der Waals surface area (Å²) in [4.78, 5) is 18.4. The lowest BCUT2D eigenvalue weighted by atomic mass is 9.95. The van der Waals surface area contributed by atoms with E-state index in [4.69, 9.17) is 4.42 Å². The zero-order chi connectivity index (χ0) is 24.2. The molecule has 3 heterocycles. The van der Waals surface area contributed by atoms with Crippen molar-refractivity contribution in [1.29, 1.82) is 0 Å². The van der Waals surface area contributed by atoms with Crippen LogP contribution >= 0.6 is 0 Å². The maximum absolute atomic E-state index is 13.1. The number of benzene rings is 1. The number of H-pyrrole nitrogens is 1. The third-order valence-corrected chi connectivity index (χ3v) is 7.27. The molecule has 1 fully saturated rings. The molecule has 0 bridgehead atoms. The SMILES string of the molecule is CCc1ccc2[nH]c(=O)c(CN(Cc3ccco3)[C@@H](CC)c3nnnn3C3CCCCC3)cc2c1. The monoisotopic (exact) mass is 474 g/mol. The predicted molar refractivity (Wildman–Crippen MR) is 135 cm³/mol. The first-order valence-electron chi connectivity index (χ1n) is 12.8. The van der Waals surface area contributed by atoms with Crippen molar-refractivity contribution in [2.75, 3.05) is 0 Å². The van der Waals surface area contributed by atoms with Crippen molar-refractivity contribution in [3.63, 3.8) is 0 Å². The van der Waals surface area contributed by atoms with Crippen molar-refractivity contribution >= 4 is 10.9 Å². The predicted octanol–water partition coefficient (Wildman–Crippen LogP) is 5.33. The molecule has 35 heavy (non-hydrogen) atoms. The number of rotatable bonds is 9. The summed E-state index contributed by atoms with van der Waals surface area (Å²) >= 11 is 0. The second-order valence-corrected chi connectivity index (χ2v) is 9.58. The Balaban J connectivity index is 1.51. The normalized spacial score (nSPS) is 15.7. The Hall–Kier alpha value is -3.26. The van der Waals surface area contributed by atoms with E-state index in [2.05, 4.69) is 51.4 Å². The Bertz CT molecular complexity index is 1300. The smallest absolute Gasteiger partial charge is 0.252 e. The second-order valence-electron chi connectivity index (χ2n) is 9.58. The first-order chi connectivity index (χ1) is 17.2. The Labute approximate surface area is 205 Å². The summed E-state index contributed by atoms with van der Waals surface area (Å²) < 4.78 is 7.75. The van der Waals surface area contributed by atoms with Gasteiger partial charge in [-0.3, -0.25) is 9.69 Å². The number of fused-ring (bicyclic) bond motifs is 1. The van der Waals surface area contributed by atoms with Crippen LogP contribution in [0.15, 0.2) is 51.9 Å². The zero-order valence-corrected chi connectivity index (χ0v) is 20.6. The molecule has 8 heteroatoms. The van der Waals surface area contributed by atoms with Gasteiger partial charge in [-0.2, -0.15) is 0 Å². The number of aromatic nitrogens is 5. The van der Waals surface area contributed by atoms with Crippen LogP contribution in [0.4, 0.5) is 0 Å². The van der Waals surface area contributed by atoms with Crippen LogP contribution in [0.25, 0.3) is 10.9 Å². The summed E-state index contributed by atoms with van der Waals surface area (Å²) in [5, 5.41) is 14.0. The quantitative estimate of drug-likeness (QED) is 0.352. The molecule has 0 saturated heterocycles. The van der Waals surface area contributed by atoms with Gasteiger partial charge in [0.1, 0.15) is 5.76 Å². The molecule has 1 aliphatic carbocycles. The summed E-state index contributed by atoms with van der Waals surface area (Å²) in [6.07, 6.45) is 9.38. The fourth-order valence-electron chi connectivity index (χ4n) is 5.35. The molecule has 1 N–H and O–H groups in total. The molecule has 1 atom stereocenters. The van der Waals surface area contributed by atoms with Crippen LogP contribution in [-0.2, 0) is 19.5 Å². The Morgan fingerprint density at radius 1 is 1.14 bits per heavy atom. The topological polar surface area (TPSA) is 92.8 Å². The van der Waals surface area contributed by atoms with E-state index in [9.17, 15) is 4.79 Å². The standard InChI is InChI=1S/C27H34N6O2/c1-3-19-12-13-24-20(15-19)16-21(27(34)28-24)17-32(18-23-11-8-14-35-23)25(4-2)26-29-30-31-33(26)22-9-6-5-7-10-22/h8,11-16,22,25H,3-7,9-10,17-18H2,1-2H3,(H,28,34)/t25-/m0/s1. The van der Waals surface area contributed by atoms with Gasteiger partial charge in [0.05, 0.1) is 24.9 Å². The third-order valence-electron chi connectivity index (χ3n) is 7.27. The van der Waals surface area contributed by atoms with Gasteiger partial charge < -0.3 is 9.40 Å². The van der Waals surface area contributed by atoms with Gasteiger partial charge in [0.2, 0.25) is 0 Å². The zero-order valence-electron chi connectivity index (χ0n) is 20.6. The Morgan fingerprint density at radius 3 is 2.74 bits per heavy atom. The van der Waals surface area contributed by atoms with Crippen molar-refractivity contribution in [1.82, 2.24) is 30.1 Å². The lowest BCUT2D eigenvalue weighted by Crippen LogP contribution is -2.33.